The average molecular weight is 300 g/mol. The lowest BCUT2D eigenvalue weighted by Crippen LogP contribution is -2.50. The molecule has 1 rings (SSSR count). The number of hydrogen-bond donors (Lipinski definition) is 1. The summed E-state index contributed by atoms with van der Waals surface area (Å²) in [5, 5.41) is 12.2. The van der Waals surface area contributed by atoms with E-state index in [2.05, 4.69) is 15.5 Å². The van der Waals surface area contributed by atoms with Gasteiger partial charge in [-0.1, -0.05) is 18.7 Å². The van der Waals surface area contributed by atoms with Gasteiger partial charge in [-0.2, -0.15) is 0 Å². The Kier molecular flexibility index (Phi) is 6.48. The van der Waals surface area contributed by atoms with Gasteiger partial charge in [0.05, 0.1) is 7.11 Å². The zero-order valence-electron chi connectivity index (χ0n) is 12.9. The van der Waals surface area contributed by atoms with Gasteiger partial charge in [0.25, 0.3) is 0 Å². The Balaban J connectivity index is 2.45. The fraction of sp³-hybridized carbons (Fsp3) is 0.769. The molecule has 0 saturated carbocycles. The minimum Gasteiger partial charge on any atom is -0.468 e. The zero-order valence-corrected chi connectivity index (χ0v) is 13.7. The molecule has 0 spiro atoms. The van der Waals surface area contributed by atoms with Crippen LogP contribution in [0.25, 0.3) is 0 Å². The minimum absolute atomic E-state index is 0.209. The molecule has 0 aliphatic rings. The van der Waals surface area contributed by atoms with E-state index in [0.717, 1.165) is 36.1 Å². The molecule has 0 amide bonds. The van der Waals surface area contributed by atoms with Crippen molar-refractivity contribution in [2.75, 3.05) is 19.4 Å². The maximum Gasteiger partial charge on any atom is 0.325 e. The van der Waals surface area contributed by atoms with Crippen LogP contribution in [0.5, 0.6) is 0 Å². The molecule has 0 aliphatic carbocycles. The smallest absolute Gasteiger partial charge is 0.325 e. The van der Waals surface area contributed by atoms with Crippen molar-refractivity contribution in [2.24, 2.45) is 7.05 Å². The Labute approximate surface area is 124 Å². The molecule has 1 aromatic heterocycles. The van der Waals surface area contributed by atoms with Crippen LogP contribution in [0.2, 0.25) is 0 Å². The van der Waals surface area contributed by atoms with Crippen molar-refractivity contribution in [2.45, 2.75) is 44.3 Å². The first kappa shape index (κ1) is 17.0. The van der Waals surface area contributed by atoms with Crippen LogP contribution in [-0.2, 0) is 16.6 Å². The number of hydrogen-bond acceptors (Lipinski definition) is 6. The van der Waals surface area contributed by atoms with E-state index in [1.54, 1.807) is 11.8 Å². The summed E-state index contributed by atoms with van der Waals surface area (Å²) in [6.07, 6.45) is 1.63. The molecule has 7 heteroatoms. The monoisotopic (exact) mass is 300 g/mol. The van der Waals surface area contributed by atoms with Crippen LogP contribution in [0.15, 0.2) is 5.16 Å². The molecule has 0 bridgehead atoms. The number of nitrogens with zero attached hydrogens (tertiary/aromatic N) is 3. The first-order chi connectivity index (χ1) is 9.44. The van der Waals surface area contributed by atoms with Crippen molar-refractivity contribution in [3.05, 3.63) is 5.82 Å². The Morgan fingerprint density at radius 1 is 1.50 bits per heavy atom. The van der Waals surface area contributed by atoms with Crippen molar-refractivity contribution in [3.8, 4) is 0 Å². The Hall–Kier alpha value is -1.08. The number of thioether (sulfide) groups is 1. The predicted molar refractivity (Wildman–Crippen MR) is 79.8 cm³/mol. The first-order valence-corrected chi connectivity index (χ1v) is 7.75. The van der Waals surface area contributed by atoms with Gasteiger partial charge in [0.15, 0.2) is 5.16 Å². The summed E-state index contributed by atoms with van der Waals surface area (Å²) < 4.78 is 6.84. The van der Waals surface area contributed by atoms with Gasteiger partial charge in [-0.05, 0) is 33.2 Å². The number of aryl methyl sites for hydroxylation is 1. The van der Waals surface area contributed by atoms with Gasteiger partial charge in [0, 0.05) is 12.8 Å². The second kappa shape index (κ2) is 7.64. The molecule has 1 N–H and O–H groups in total. The average Bonchev–Trinajstić information content (AvgIpc) is 2.74. The SMILES string of the molecule is CCNC(C)(CCCSc1nnc(C)n1C)C(=O)OC. The van der Waals surface area contributed by atoms with E-state index in [9.17, 15) is 4.79 Å². The molecular formula is C13H24N4O2S. The number of esters is 1. The number of methoxy groups -OCH3 is 1. The molecule has 0 fully saturated rings. The van der Waals surface area contributed by atoms with Crippen molar-refractivity contribution >= 4 is 17.7 Å². The van der Waals surface area contributed by atoms with Crippen LogP contribution in [-0.4, -0.2) is 45.7 Å². The quantitative estimate of drug-likeness (QED) is 0.446. The number of carbonyl (C=O) groups excluding carboxylic acids is 1. The lowest BCUT2D eigenvalue weighted by Gasteiger charge is -2.27. The van der Waals surface area contributed by atoms with Crippen molar-refractivity contribution in [3.63, 3.8) is 0 Å². The minimum atomic E-state index is -0.611. The number of ether oxygens (including phenoxy) is 1. The Morgan fingerprint density at radius 2 is 2.20 bits per heavy atom. The molecule has 1 heterocycles. The molecule has 0 saturated heterocycles. The van der Waals surface area contributed by atoms with E-state index in [-0.39, 0.29) is 5.97 Å². The van der Waals surface area contributed by atoms with E-state index in [1.165, 1.54) is 7.11 Å². The topological polar surface area (TPSA) is 69.0 Å². The van der Waals surface area contributed by atoms with Crippen molar-refractivity contribution < 1.29 is 9.53 Å². The maximum atomic E-state index is 11.8. The fourth-order valence-corrected chi connectivity index (χ4v) is 2.88. The molecule has 6 nitrogen and oxygen atoms in total. The molecule has 114 valence electrons. The summed E-state index contributed by atoms with van der Waals surface area (Å²) in [5.74, 6) is 1.59. The second-order valence-electron chi connectivity index (χ2n) is 4.89. The van der Waals surface area contributed by atoms with Gasteiger partial charge in [0.1, 0.15) is 11.4 Å². The van der Waals surface area contributed by atoms with Gasteiger partial charge >= 0.3 is 5.97 Å². The number of nitrogens with one attached hydrogen (secondary N) is 1. The zero-order chi connectivity index (χ0) is 15.2. The first-order valence-electron chi connectivity index (χ1n) is 6.77. The molecule has 1 atom stereocenters. The third-order valence-electron chi connectivity index (χ3n) is 3.31. The Bertz CT molecular complexity index is 450. The summed E-state index contributed by atoms with van der Waals surface area (Å²) in [6, 6.07) is 0. The predicted octanol–water partition coefficient (Wildman–Crippen LogP) is 1.54. The molecule has 1 unspecified atom stereocenters. The van der Waals surface area contributed by atoms with Gasteiger partial charge < -0.3 is 14.6 Å². The van der Waals surface area contributed by atoms with Crippen LogP contribution >= 0.6 is 11.8 Å². The van der Waals surface area contributed by atoms with E-state index < -0.39 is 5.54 Å². The normalized spacial score (nSPS) is 14.1. The third-order valence-corrected chi connectivity index (χ3v) is 4.41. The number of carbonyl (C=O) groups is 1. The van der Waals surface area contributed by atoms with Crippen LogP contribution in [0, 0.1) is 6.92 Å². The van der Waals surface area contributed by atoms with Gasteiger partial charge in [0.2, 0.25) is 0 Å². The van der Waals surface area contributed by atoms with Crippen LogP contribution in [0.4, 0.5) is 0 Å². The highest BCUT2D eigenvalue weighted by atomic mass is 32.2. The largest absolute Gasteiger partial charge is 0.468 e. The summed E-state index contributed by atoms with van der Waals surface area (Å²) >= 11 is 1.66. The molecular weight excluding hydrogens is 276 g/mol. The van der Waals surface area contributed by atoms with Crippen molar-refractivity contribution in [1.82, 2.24) is 20.1 Å². The standard InChI is InChI=1S/C13H24N4O2S/c1-6-14-13(3,11(18)19-5)8-7-9-20-12-16-15-10(2)17(12)4/h14H,6-9H2,1-5H3. The van der Waals surface area contributed by atoms with Crippen LogP contribution < -0.4 is 5.32 Å². The molecule has 20 heavy (non-hydrogen) atoms. The van der Waals surface area contributed by atoms with Crippen LogP contribution in [0.3, 0.4) is 0 Å². The van der Waals surface area contributed by atoms with Gasteiger partial charge in [-0.15, -0.1) is 10.2 Å². The summed E-state index contributed by atoms with van der Waals surface area (Å²) in [4.78, 5) is 11.8. The number of aromatic nitrogens is 3. The summed E-state index contributed by atoms with van der Waals surface area (Å²) in [6.45, 7) is 6.54. The Morgan fingerprint density at radius 3 is 2.70 bits per heavy atom. The molecule has 0 aromatic carbocycles. The highest BCUT2D eigenvalue weighted by molar-refractivity contribution is 7.99. The number of likely N-dealkylation sites (N-methyl/N-ethyl adjacent to an activating group) is 1. The summed E-state index contributed by atoms with van der Waals surface area (Å²) in [7, 11) is 3.38. The van der Waals surface area contributed by atoms with E-state index in [4.69, 9.17) is 4.74 Å². The third kappa shape index (κ3) is 4.21. The highest BCUT2D eigenvalue weighted by Crippen LogP contribution is 2.20. The van der Waals surface area contributed by atoms with Crippen molar-refractivity contribution in [1.29, 1.82) is 0 Å². The second-order valence-corrected chi connectivity index (χ2v) is 5.96. The maximum absolute atomic E-state index is 11.8. The van der Waals surface area contributed by atoms with E-state index >= 15 is 0 Å². The molecule has 0 radical (unpaired) electrons. The molecule has 0 aliphatic heterocycles. The fourth-order valence-electron chi connectivity index (χ4n) is 1.98. The highest BCUT2D eigenvalue weighted by Gasteiger charge is 2.32. The van der Waals surface area contributed by atoms with E-state index in [1.807, 2.05) is 32.4 Å². The summed E-state index contributed by atoms with van der Waals surface area (Å²) in [5.41, 5.74) is -0.611. The number of rotatable bonds is 8. The van der Waals surface area contributed by atoms with Gasteiger partial charge in [-0.25, -0.2) is 0 Å². The van der Waals surface area contributed by atoms with Crippen LogP contribution in [0.1, 0.15) is 32.5 Å². The van der Waals surface area contributed by atoms with Gasteiger partial charge in [-0.3, -0.25) is 4.79 Å². The lowest BCUT2D eigenvalue weighted by atomic mass is 9.96. The molecule has 1 aromatic rings. The van der Waals surface area contributed by atoms with E-state index in [0.29, 0.717) is 0 Å². The lowest BCUT2D eigenvalue weighted by molar-refractivity contribution is -0.148.